The topological polar surface area (TPSA) is 50.2 Å². The van der Waals surface area contributed by atoms with Crippen molar-refractivity contribution in [2.45, 2.75) is 33.4 Å². The molecule has 0 aliphatic carbocycles. The third kappa shape index (κ3) is 3.24. The lowest BCUT2D eigenvalue weighted by atomic mass is 10.0. The van der Waals surface area contributed by atoms with E-state index in [0.29, 0.717) is 5.39 Å². The summed E-state index contributed by atoms with van der Waals surface area (Å²) in [5.74, 6) is 0.737. The van der Waals surface area contributed by atoms with Crippen LogP contribution < -0.4 is 10.5 Å². The zero-order valence-corrected chi connectivity index (χ0v) is 14.7. The van der Waals surface area contributed by atoms with Gasteiger partial charge in [-0.2, -0.15) is 0 Å². The normalized spacial score (nSPS) is 13.8. The minimum atomic E-state index is -0.0678. The van der Waals surface area contributed by atoms with Gasteiger partial charge in [-0.3, -0.25) is 4.79 Å². The maximum absolute atomic E-state index is 12.3. The third-order valence-corrected chi connectivity index (χ3v) is 4.75. The van der Waals surface area contributed by atoms with Gasteiger partial charge in [-0.1, -0.05) is 35.9 Å². The Balaban J connectivity index is 1.88. The van der Waals surface area contributed by atoms with Crippen LogP contribution in [0.25, 0.3) is 10.9 Å². The molecule has 1 aromatic heterocycles. The summed E-state index contributed by atoms with van der Waals surface area (Å²) in [7, 11) is 2.14. The highest BCUT2D eigenvalue weighted by Crippen LogP contribution is 2.11. The van der Waals surface area contributed by atoms with E-state index in [4.69, 9.17) is 0 Å². The second-order valence-electron chi connectivity index (χ2n) is 6.64. The molecule has 2 aromatic carbocycles. The predicted molar refractivity (Wildman–Crippen MR) is 97.3 cm³/mol. The number of hydrogen-bond acceptors (Lipinski definition) is 2. The zero-order valence-electron chi connectivity index (χ0n) is 14.7. The molecule has 24 heavy (non-hydrogen) atoms. The first-order valence-electron chi connectivity index (χ1n) is 8.33. The number of benzene rings is 2. The van der Waals surface area contributed by atoms with Crippen LogP contribution in [0.5, 0.6) is 0 Å². The molecule has 124 valence electrons. The minimum absolute atomic E-state index is 0.0678. The standard InChI is InChI=1S/C20H23N3O/c1-13-9-10-16(14(2)11-13)12-23(4)15(3)19-21-18-8-6-5-7-17(18)20(24)22-19/h5-11,15H,12H2,1-4H3,(H,21,22,24)/p+1/t15-/m1/s1. The van der Waals surface area contributed by atoms with Crippen molar-refractivity contribution >= 4 is 10.9 Å². The molecule has 4 nitrogen and oxygen atoms in total. The Labute approximate surface area is 142 Å². The van der Waals surface area contributed by atoms with Crippen molar-refractivity contribution in [3.8, 4) is 0 Å². The van der Waals surface area contributed by atoms with Gasteiger partial charge < -0.3 is 9.88 Å². The molecule has 3 rings (SSSR count). The van der Waals surface area contributed by atoms with Crippen LogP contribution >= 0.6 is 0 Å². The molecule has 0 fully saturated rings. The first-order valence-corrected chi connectivity index (χ1v) is 8.33. The highest BCUT2D eigenvalue weighted by molar-refractivity contribution is 5.77. The second kappa shape index (κ2) is 6.57. The molecule has 2 atom stereocenters. The summed E-state index contributed by atoms with van der Waals surface area (Å²) >= 11 is 0. The van der Waals surface area contributed by atoms with E-state index in [2.05, 4.69) is 56.0 Å². The average Bonchev–Trinajstić information content (AvgIpc) is 2.56. The summed E-state index contributed by atoms with van der Waals surface area (Å²) in [5, 5.41) is 0.639. The molecule has 0 amide bonds. The van der Waals surface area contributed by atoms with Crippen molar-refractivity contribution in [1.29, 1.82) is 0 Å². The third-order valence-electron chi connectivity index (χ3n) is 4.75. The Morgan fingerprint density at radius 2 is 1.92 bits per heavy atom. The van der Waals surface area contributed by atoms with Crippen LogP contribution in [0.4, 0.5) is 0 Å². The van der Waals surface area contributed by atoms with Gasteiger partial charge in [-0.05, 0) is 38.5 Å². The second-order valence-corrected chi connectivity index (χ2v) is 6.64. The molecule has 1 unspecified atom stereocenters. The van der Waals surface area contributed by atoms with Crippen molar-refractivity contribution < 1.29 is 4.90 Å². The highest BCUT2D eigenvalue weighted by Gasteiger charge is 2.20. The van der Waals surface area contributed by atoms with Crippen LogP contribution in [0.2, 0.25) is 0 Å². The molecule has 4 heteroatoms. The molecule has 1 heterocycles. The summed E-state index contributed by atoms with van der Waals surface area (Å²) in [6, 6.07) is 14.1. The summed E-state index contributed by atoms with van der Waals surface area (Å²) in [4.78, 5) is 21.2. The van der Waals surface area contributed by atoms with Crippen LogP contribution in [0.1, 0.15) is 35.5 Å². The van der Waals surface area contributed by atoms with Crippen molar-refractivity contribution in [3.05, 3.63) is 75.3 Å². The fourth-order valence-electron chi connectivity index (χ4n) is 3.04. The summed E-state index contributed by atoms with van der Waals surface area (Å²) < 4.78 is 0. The van der Waals surface area contributed by atoms with E-state index in [9.17, 15) is 4.79 Å². The molecule has 3 aromatic rings. The lowest BCUT2D eigenvalue weighted by Gasteiger charge is -2.22. The molecule has 0 saturated carbocycles. The van der Waals surface area contributed by atoms with E-state index >= 15 is 0 Å². The van der Waals surface area contributed by atoms with E-state index in [1.807, 2.05) is 24.3 Å². The van der Waals surface area contributed by atoms with E-state index in [1.165, 1.54) is 21.6 Å². The van der Waals surface area contributed by atoms with E-state index < -0.39 is 0 Å². The average molecular weight is 322 g/mol. The molecule has 0 radical (unpaired) electrons. The largest absolute Gasteiger partial charge is 0.325 e. The maximum Gasteiger partial charge on any atom is 0.258 e. The Morgan fingerprint density at radius 3 is 2.67 bits per heavy atom. The van der Waals surface area contributed by atoms with Crippen molar-refractivity contribution in [3.63, 3.8) is 0 Å². The number of rotatable bonds is 4. The minimum Gasteiger partial charge on any atom is -0.325 e. The van der Waals surface area contributed by atoms with E-state index in [1.54, 1.807) is 0 Å². The first-order chi connectivity index (χ1) is 11.5. The van der Waals surface area contributed by atoms with Gasteiger partial charge in [0.2, 0.25) is 0 Å². The molecule has 0 bridgehead atoms. The number of aryl methyl sites for hydroxylation is 2. The van der Waals surface area contributed by atoms with Gasteiger partial charge in [0.15, 0.2) is 5.82 Å². The predicted octanol–water partition coefficient (Wildman–Crippen LogP) is 2.32. The zero-order chi connectivity index (χ0) is 17.3. The highest BCUT2D eigenvalue weighted by atomic mass is 16.1. The number of nitrogens with zero attached hydrogens (tertiary/aromatic N) is 1. The fourth-order valence-corrected chi connectivity index (χ4v) is 3.04. The van der Waals surface area contributed by atoms with Crippen LogP contribution in [0.3, 0.4) is 0 Å². The molecular formula is C20H24N3O+. The summed E-state index contributed by atoms with van der Waals surface area (Å²) in [6.45, 7) is 7.26. The Morgan fingerprint density at radius 1 is 1.17 bits per heavy atom. The Bertz CT molecular complexity index is 930. The molecule has 0 aliphatic heterocycles. The van der Waals surface area contributed by atoms with Gasteiger partial charge in [-0.25, -0.2) is 4.98 Å². The number of quaternary nitrogens is 1. The van der Waals surface area contributed by atoms with Gasteiger partial charge in [0.25, 0.3) is 5.56 Å². The van der Waals surface area contributed by atoms with Gasteiger partial charge in [0.1, 0.15) is 12.6 Å². The molecule has 0 spiro atoms. The lowest BCUT2D eigenvalue weighted by Crippen LogP contribution is -3.07. The number of fused-ring (bicyclic) bond motifs is 1. The SMILES string of the molecule is Cc1ccc(C[NH+](C)[C@H](C)c2nc3ccccc3c(=O)[nH]2)c(C)c1. The van der Waals surface area contributed by atoms with Gasteiger partial charge in [0.05, 0.1) is 18.0 Å². The van der Waals surface area contributed by atoms with Crippen LogP contribution in [-0.4, -0.2) is 17.0 Å². The lowest BCUT2D eigenvalue weighted by molar-refractivity contribution is -0.924. The van der Waals surface area contributed by atoms with Crippen molar-refractivity contribution in [1.82, 2.24) is 9.97 Å². The van der Waals surface area contributed by atoms with Gasteiger partial charge in [-0.15, -0.1) is 0 Å². The van der Waals surface area contributed by atoms with Crippen molar-refractivity contribution in [2.24, 2.45) is 0 Å². The number of aromatic amines is 1. The van der Waals surface area contributed by atoms with Gasteiger partial charge >= 0.3 is 0 Å². The number of para-hydroxylation sites is 1. The Hall–Kier alpha value is -2.46. The molecule has 2 N–H and O–H groups in total. The smallest absolute Gasteiger partial charge is 0.258 e. The van der Waals surface area contributed by atoms with Crippen LogP contribution in [-0.2, 0) is 6.54 Å². The number of H-pyrrole nitrogens is 1. The van der Waals surface area contributed by atoms with Crippen LogP contribution in [0, 0.1) is 13.8 Å². The molecule has 0 aliphatic rings. The van der Waals surface area contributed by atoms with Crippen LogP contribution in [0.15, 0.2) is 47.3 Å². The summed E-state index contributed by atoms with van der Waals surface area (Å²) in [6.07, 6.45) is 0. The van der Waals surface area contributed by atoms with Crippen molar-refractivity contribution in [2.75, 3.05) is 7.05 Å². The molecule has 0 saturated heterocycles. The van der Waals surface area contributed by atoms with Gasteiger partial charge in [0, 0.05) is 5.56 Å². The number of nitrogens with one attached hydrogen (secondary N) is 2. The number of aromatic nitrogens is 2. The van der Waals surface area contributed by atoms with E-state index in [0.717, 1.165) is 17.9 Å². The van der Waals surface area contributed by atoms with E-state index in [-0.39, 0.29) is 11.6 Å². The summed E-state index contributed by atoms with van der Waals surface area (Å²) in [5.41, 5.74) is 4.60. The first kappa shape index (κ1) is 16.4. The monoisotopic (exact) mass is 322 g/mol. The Kier molecular flexibility index (Phi) is 4.49. The quantitative estimate of drug-likeness (QED) is 0.774. The maximum atomic E-state index is 12.3. The molecular weight excluding hydrogens is 298 g/mol. The fraction of sp³-hybridized carbons (Fsp3) is 0.300. The number of hydrogen-bond donors (Lipinski definition) is 2.